The zero-order valence-electron chi connectivity index (χ0n) is 8.84. The van der Waals surface area contributed by atoms with Gasteiger partial charge < -0.3 is 16.0 Å². The van der Waals surface area contributed by atoms with Crippen molar-refractivity contribution >= 4 is 11.6 Å². The van der Waals surface area contributed by atoms with Crippen LogP contribution in [0, 0.1) is 6.92 Å². The molecule has 1 aromatic carbocycles. The topological polar surface area (TPSA) is 90.4 Å². The molecule has 4 N–H and O–H groups in total. The van der Waals surface area contributed by atoms with Gasteiger partial charge in [0.1, 0.15) is 11.5 Å². The lowest BCUT2D eigenvalue weighted by Crippen LogP contribution is -2.21. The van der Waals surface area contributed by atoms with E-state index in [-0.39, 0.29) is 5.96 Å². The molecule has 0 atom stereocenters. The third-order valence-electron chi connectivity index (χ3n) is 2.05. The van der Waals surface area contributed by atoms with Crippen LogP contribution >= 0.6 is 0 Å². The van der Waals surface area contributed by atoms with E-state index in [1.165, 1.54) is 0 Å². The molecule has 2 aromatic rings. The number of aryl methyl sites for hydroxylation is 1. The molecule has 0 radical (unpaired) electrons. The van der Waals surface area contributed by atoms with Crippen LogP contribution in [-0.2, 0) is 0 Å². The van der Waals surface area contributed by atoms with Gasteiger partial charge in [0.15, 0.2) is 5.96 Å². The summed E-state index contributed by atoms with van der Waals surface area (Å²) in [6, 6.07) is 9.28. The van der Waals surface area contributed by atoms with E-state index in [0.717, 1.165) is 17.0 Å². The van der Waals surface area contributed by atoms with Gasteiger partial charge in [-0.05, 0) is 19.1 Å². The first kappa shape index (κ1) is 10.2. The standard InChI is InChI=1S/C11H12N4O/c1-7-6-10(15-16-7)8-2-4-9(5-3-8)14-11(12)13/h2-6H,1H3,(H4,12,13,14). The number of benzene rings is 1. The fourth-order valence-corrected chi connectivity index (χ4v) is 1.36. The van der Waals surface area contributed by atoms with Crippen LogP contribution in [-0.4, -0.2) is 11.1 Å². The molecular weight excluding hydrogens is 204 g/mol. The van der Waals surface area contributed by atoms with Crippen molar-refractivity contribution in [3.05, 3.63) is 36.1 Å². The number of hydrogen-bond acceptors (Lipinski definition) is 3. The Morgan fingerprint density at radius 2 is 1.94 bits per heavy atom. The second-order valence-corrected chi connectivity index (χ2v) is 3.41. The second-order valence-electron chi connectivity index (χ2n) is 3.41. The molecule has 0 bridgehead atoms. The van der Waals surface area contributed by atoms with Crippen molar-refractivity contribution in [3.63, 3.8) is 0 Å². The highest BCUT2D eigenvalue weighted by atomic mass is 16.5. The Morgan fingerprint density at radius 3 is 2.44 bits per heavy atom. The van der Waals surface area contributed by atoms with Crippen LogP contribution < -0.4 is 11.5 Å². The van der Waals surface area contributed by atoms with Crippen LogP contribution in [0.2, 0.25) is 0 Å². The Kier molecular flexibility index (Phi) is 2.59. The van der Waals surface area contributed by atoms with Gasteiger partial charge in [0.2, 0.25) is 0 Å². The van der Waals surface area contributed by atoms with E-state index < -0.39 is 0 Å². The quantitative estimate of drug-likeness (QED) is 0.588. The SMILES string of the molecule is Cc1cc(-c2ccc(N=C(N)N)cc2)no1. The number of aromatic nitrogens is 1. The molecule has 0 aliphatic rings. The van der Waals surface area contributed by atoms with Crippen molar-refractivity contribution in [3.8, 4) is 11.3 Å². The van der Waals surface area contributed by atoms with Gasteiger partial charge in [0.05, 0.1) is 5.69 Å². The smallest absolute Gasteiger partial charge is 0.191 e. The van der Waals surface area contributed by atoms with Crippen molar-refractivity contribution in [2.24, 2.45) is 16.5 Å². The molecule has 0 aliphatic heterocycles. The van der Waals surface area contributed by atoms with Crippen LogP contribution in [0.5, 0.6) is 0 Å². The normalized spacial score (nSPS) is 10.1. The number of nitrogens with two attached hydrogens (primary N) is 2. The molecule has 82 valence electrons. The van der Waals surface area contributed by atoms with Gasteiger partial charge in [-0.15, -0.1) is 0 Å². The summed E-state index contributed by atoms with van der Waals surface area (Å²) in [7, 11) is 0. The molecule has 16 heavy (non-hydrogen) atoms. The van der Waals surface area contributed by atoms with Crippen LogP contribution in [0.15, 0.2) is 39.8 Å². The Labute approximate surface area is 92.8 Å². The first-order chi connectivity index (χ1) is 7.65. The fraction of sp³-hybridized carbons (Fsp3) is 0.0909. The Bertz CT molecular complexity index is 509. The highest BCUT2D eigenvalue weighted by molar-refractivity contribution is 5.79. The summed E-state index contributed by atoms with van der Waals surface area (Å²) in [5.74, 6) is 0.827. The summed E-state index contributed by atoms with van der Waals surface area (Å²) in [6.07, 6.45) is 0. The minimum atomic E-state index is 0.0463. The number of nitrogens with zero attached hydrogens (tertiary/aromatic N) is 2. The predicted octanol–water partition coefficient (Wildman–Crippen LogP) is 1.55. The lowest BCUT2D eigenvalue weighted by atomic mass is 10.1. The van der Waals surface area contributed by atoms with E-state index in [9.17, 15) is 0 Å². The Balaban J connectivity index is 2.29. The van der Waals surface area contributed by atoms with E-state index in [1.807, 2.05) is 37.3 Å². The summed E-state index contributed by atoms with van der Waals surface area (Å²) in [5, 5.41) is 3.92. The molecule has 1 heterocycles. The van der Waals surface area contributed by atoms with Gasteiger partial charge in [0.25, 0.3) is 0 Å². The minimum Gasteiger partial charge on any atom is -0.370 e. The third kappa shape index (κ3) is 2.20. The van der Waals surface area contributed by atoms with Crippen LogP contribution in [0.1, 0.15) is 5.76 Å². The van der Waals surface area contributed by atoms with Crippen molar-refractivity contribution in [1.82, 2.24) is 5.16 Å². The number of guanidine groups is 1. The highest BCUT2D eigenvalue weighted by Crippen LogP contribution is 2.21. The molecule has 0 saturated carbocycles. The maximum absolute atomic E-state index is 5.28. The van der Waals surface area contributed by atoms with E-state index >= 15 is 0 Å². The van der Waals surface area contributed by atoms with Crippen LogP contribution in [0.4, 0.5) is 5.69 Å². The number of hydrogen-bond donors (Lipinski definition) is 2. The van der Waals surface area contributed by atoms with Gasteiger partial charge in [-0.1, -0.05) is 17.3 Å². The molecule has 5 nitrogen and oxygen atoms in total. The van der Waals surface area contributed by atoms with Crippen molar-refractivity contribution in [2.45, 2.75) is 6.92 Å². The molecular formula is C11H12N4O. The lowest BCUT2D eigenvalue weighted by molar-refractivity contribution is 0.399. The summed E-state index contributed by atoms with van der Waals surface area (Å²) < 4.78 is 5.00. The molecule has 0 unspecified atom stereocenters. The van der Waals surface area contributed by atoms with Crippen molar-refractivity contribution in [2.75, 3.05) is 0 Å². The molecule has 5 heteroatoms. The fourth-order valence-electron chi connectivity index (χ4n) is 1.36. The molecule has 1 aromatic heterocycles. The molecule has 0 aliphatic carbocycles. The van der Waals surface area contributed by atoms with E-state index in [4.69, 9.17) is 16.0 Å². The van der Waals surface area contributed by atoms with Crippen LogP contribution in [0.3, 0.4) is 0 Å². The van der Waals surface area contributed by atoms with Crippen molar-refractivity contribution < 1.29 is 4.52 Å². The van der Waals surface area contributed by atoms with Crippen LogP contribution in [0.25, 0.3) is 11.3 Å². The first-order valence-corrected chi connectivity index (χ1v) is 4.78. The maximum atomic E-state index is 5.28. The molecule has 0 spiro atoms. The molecule has 0 fully saturated rings. The van der Waals surface area contributed by atoms with E-state index in [2.05, 4.69) is 10.1 Å². The number of rotatable bonds is 2. The molecule has 0 saturated heterocycles. The summed E-state index contributed by atoms with van der Waals surface area (Å²) >= 11 is 0. The zero-order valence-corrected chi connectivity index (χ0v) is 8.84. The minimum absolute atomic E-state index is 0.0463. The monoisotopic (exact) mass is 216 g/mol. The van der Waals surface area contributed by atoms with E-state index in [0.29, 0.717) is 5.69 Å². The highest BCUT2D eigenvalue weighted by Gasteiger charge is 2.03. The predicted molar refractivity (Wildman–Crippen MR) is 62.1 cm³/mol. The largest absolute Gasteiger partial charge is 0.370 e. The molecule has 2 rings (SSSR count). The van der Waals surface area contributed by atoms with E-state index in [1.54, 1.807) is 0 Å². The summed E-state index contributed by atoms with van der Waals surface area (Å²) in [4.78, 5) is 3.93. The number of aliphatic imine (C=N–C) groups is 1. The van der Waals surface area contributed by atoms with Gasteiger partial charge in [-0.25, -0.2) is 4.99 Å². The summed E-state index contributed by atoms with van der Waals surface area (Å²) in [5.41, 5.74) is 13.0. The second kappa shape index (κ2) is 4.06. The Hall–Kier alpha value is -2.30. The maximum Gasteiger partial charge on any atom is 0.191 e. The van der Waals surface area contributed by atoms with Crippen molar-refractivity contribution in [1.29, 1.82) is 0 Å². The Morgan fingerprint density at radius 1 is 1.25 bits per heavy atom. The average molecular weight is 216 g/mol. The van der Waals surface area contributed by atoms with Gasteiger partial charge in [0, 0.05) is 11.6 Å². The van der Waals surface area contributed by atoms with Gasteiger partial charge in [-0.2, -0.15) is 0 Å². The lowest BCUT2D eigenvalue weighted by Gasteiger charge is -1.97. The summed E-state index contributed by atoms with van der Waals surface area (Å²) in [6.45, 7) is 1.85. The van der Waals surface area contributed by atoms with Gasteiger partial charge >= 0.3 is 0 Å². The molecule has 0 amide bonds. The zero-order chi connectivity index (χ0) is 11.5. The third-order valence-corrected chi connectivity index (χ3v) is 2.05. The first-order valence-electron chi connectivity index (χ1n) is 4.78. The average Bonchev–Trinajstić information content (AvgIpc) is 2.65. The van der Waals surface area contributed by atoms with Gasteiger partial charge in [-0.3, -0.25) is 0 Å².